The molecule has 54 valence electrons. The van der Waals surface area contributed by atoms with E-state index >= 15 is 0 Å². The van der Waals surface area contributed by atoms with Crippen molar-refractivity contribution in [2.24, 2.45) is 5.92 Å². The van der Waals surface area contributed by atoms with Gasteiger partial charge in [0.15, 0.2) is 5.78 Å². The zero-order valence-corrected chi connectivity index (χ0v) is 5.63. The fourth-order valence-electron chi connectivity index (χ4n) is 1.18. The summed E-state index contributed by atoms with van der Waals surface area (Å²) in [5, 5.41) is 2.37. The van der Waals surface area contributed by atoms with Gasteiger partial charge in [-0.25, -0.2) is 0 Å². The second-order valence-electron chi connectivity index (χ2n) is 2.43. The van der Waals surface area contributed by atoms with Crippen molar-refractivity contribution in [1.82, 2.24) is 5.32 Å². The summed E-state index contributed by atoms with van der Waals surface area (Å²) in [6, 6.07) is 0. The highest BCUT2D eigenvalue weighted by molar-refractivity contribution is 6.12. The molecule has 1 unspecified atom stereocenters. The minimum absolute atomic E-state index is 0.162. The minimum atomic E-state index is -0.625. The van der Waals surface area contributed by atoms with E-state index in [1.54, 1.807) is 12.2 Å². The molecule has 1 aliphatic heterocycles. The van der Waals surface area contributed by atoms with E-state index < -0.39 is 5.92 Å². The molecule has 1 heterocycles. The quantitative estimate of drug-likeness (QED) is 0.484. The van der Waals surface area contributed by atoms with Crippen LogP contribution in [0.15, 0.2) is 23.8 Å². The molecule has 1 atom stereocenters. The second kappa shape index (κ2) is 2.05. The van der Waals surface area contributed by atoms with Gasteiger partial charge in [-0.1, -0.05) is 12.2 Å². The van der Waals surface area contributed by atoms with E-state index in [0.717, 1.165) is 0 Å². The van der Waals surface area contributed by atoms with Crippen LogP contribution in [0.5, 0.6) is 0 Å². The lowest BCUT2D eigenvalue weighted by Crippen LogP contribution is -2.24. The first kappa shape index (κ1) is 6.34. The van der Waals surface area contributed by atoms with Crippen LogP contribution in [0.1, 0.15) is 0 Å². The number of allylic oxidation sites excluding steroid dienone is 3. The predicted octanol–water partition coefficient (Wildman–Crippen LogP) is -0.164. The summed E-state index contributed by atoms with van der Waals surface area (Å²) in [7, 11) is 0. The fourth-order valence-corrected chi connectivity index (χ4v) is 1.18. The third-order valence-electron chi connectivity index (χ3n) is 1.72. The molecule has 2 aliphatic rings. The zero-order chi connectivity index (χ0) is 7.84. The molecule has 1 N–H and O–H groups in total. The maximum absolute atomic E-state index is 11.1. The summed E-state index contributed by atoms with van der Waals surface area (Å²) in [6.45, 7) is 2.63. The monoisotopic (exact) mass is 147 g/mol. The van der Waals surface area contributed by atoms with Crippen molar-refractivity contribution < 1.29 is 9.59 Å². The molecule has 0 aromatic rings. The van der Waals surface area contributed by atoms with Gasteiger partial charge in [0, 0.05) is 0 Å². The second-order valence-corrected chi connectivity index (χ2v) is 2.43. The van der Waals surface area contributed by atoms with E-state index in [4.69, 9.17) is 0 Å². The number of hydrogen-bond acceptors (Lipinski definition) is 2. The van der Waals surface area contributed by atoms with E-state index in [-0.39, 0.29) is 11.7 Å². The lowest BCUT2D eigenvalue weighted by molar-refractivity contribution is -0.128. The van der Waals surface area contributed by atoms with Crippen LogP contribution in [-0.2, 0) is 9.59 Å². The van der Waals surface area contributed by atoms with Crippen LogP contribution in [0.4, 0.5) is 0 Å². The average molecular weight is 147 g/mol. The molecule has 3 nitrogen and oxygen atoms in total. The van der Waals surface area contributed by atoms with Crippen molar-refractivity contribution in [3.05, 3.63) is 30.3 Å². The highest BCUT2D eigenvalue weighted by Crippen LogP contribution is 2.24. The van der Waals surface area contributed by atoms with Gasteiger partial charge in [-0.3, -0.25) is 9.59 Å². The van der Waals surface area contributed by atoms with Crippen molar-refractivity contribution in [2.45, 2.75) is 0 Å². The molecular formula is C8H5NO2. The van der Waals surface area contributed by atoms with Crippen molar-refractivity contribution in [1.29, 1.82) is 0 Å². The molecular weight excluding hydrogens is 142 g/mol. The van der Waals surface area contributed by atoms with Crippen LogP contribution in [0, 0.1) is 12.5 Å². The van der Waals surface area contributed by atoms with E-state index in [2.05, 4.69) is 11.9 Å². The Morgan fingerprint density at radius 1 is 1.45 bits per heavy atom. The first-order chi connectivity index (χ1) is 5.29. The zero-order valence-electron chi connectivity index (χ0n) is 5.63. The fraction of sp³-hybridized carbons (Fsp3) is 0.125. The number of carbonyl (C=O) groups excluding carboxylic acids is 2. The van der Waals surface area contributed by atoms with Crippen LogP contribution in [0.3, 0.4) is 0 Å². The number of nitrogens with one attached hydrogen (secondary N) is 1. The molecule has 0 aromatic carbocycles. The van der Waals surface area contributed by atoms with Crippen molar-refractivity contribution in [3.8, 4) is 0 Å². The predicted molar refractivity (Wildman–Crippen MR) is 37.1 cm³/mol. The molecule has 0 bridgehead atoms. The highest BCUT2D eigenvalue weighted by atomic mass is 16.2. The largest absolute Gasteiger partial charge is 0.340 e. The third kappa shape index (κ3) is 0.808. The molecule has 0 aromatic heterocycles. The number of ketones is 1. The van der Waals surface area contributed by atoms with Gasteiger partial charge >= 0.3 is 0 Å². The van der Waals surface area contributed by atoms with Crippen LogP contribution in [0.2, 0.25) is 0 Å². The van der Waals surface area contributed by atoms with E-state index in [1.165, 1.54) is 6.08 Å². The molecule has 1 amide bonds. The van der Waals surface area contributed by atoms with E-state index in [1.807, 2.05) is 0 Å². The van der Waals surface area contributed by atoms with Gasteiger partial charge in [0.05, 0.1) is 0 Å². The summed E-state index contributed by atoms with van der Waals surface area (Å²) in [6.07, 6.45) is 4.74. The number of fused-ring (bicyclic) bond motifs is 1. The van der Waals surface area contributed by atoms with Crippen LogP contribution in [0.25, 0.3) is 0 Å². The number of rotatable bonds is 0. The summed E-state index contributed by atoms with van der Waals surface area (Å²) < 4.78 is 0. The SMILES string of the molecule is O=C1C=CC=C2[C]NC(=O)C12. The van der Waals surface area contributed by atoms with E-state index in [9.17, 15) is 9.59 Å². The molecule has 0 saturated carbocycles. The van der Waals surface area contributed by atoms with Gasteiger partial charge in [-0.15, -0.1) is 0 Å². The van der Waals surface area contributed by atoms with Gasteiger partial charge in [-0.2, -0.15) is 0 Å². The number of amides is 1. The Hall–Kier alpha value is -1.38. The Labute approximate surface area is 63.8 Å². The molecule has 2 rings (SSSR count). The van der Waals surface area contributed by atoms with Crippen LogP contribution >= 0.6 is 0 Å². The summed E-state index contributed by atoms with van der Waals surface area (Å²) in [5.41, 5.74) is 0.641. The molecule has 3 heteroatoms. The Morgan fingerprint density at radius 3 is 3.00 bits per heavy atom. The molecule has 2 radical (unpaired) electrons. The van der Waals surface area contributed by atoms with Crippen molar-refractivity contribution in [3.63, 3.8) is 0 Å². The minimum Gasteiger partial charge on any atom is -0.340 e. The lowest BCUT2D eigenvalue weighted by Gasteiger charge is -2.06. The van der Waals surface area contributed by atoms with E-state index in [0.29, 0.717) is 5.57 Å². The average Bonchev–Trinajstić information content (AvgIpc) is 2.34. The summed E-state index contributed by atoms with van der Waals surface area (Å²) >= 11 is 0. The van der Waals surface area contributed by atoms with Gasteiger partial charge in [0.2, 0.25) is 5.91 Å². The van der Waals surface area contributed by atoms with Crippen LogP contribution < -0.4 is 5.32 Å². The molecule has 0 spiro atoms. The first-order valence-electron chi connectivity index (χ1n) is 3.27. The Bertz CT molecular complexity index is 288. The maximum Gasteiger partial charge on any atom is 0.236 e. The van der Waals surface area contributed by atoms with Gasteiger partial charge in [-0.05, 0) is 11.6 Å². The Balaban J connectivity index is 2.42. The Kier molecular flexibility index (Phi) is 1.18. The highest BCUT2D eigenvalue weighted by Gasteiger charge is 2.35. The molecule has 1 aliphatic carbocycles. The topological polar surface area (TPSA) is 46.2 Å². The molecule has 1 fully saturated rings. The molecule has 11 heavy (non-hydrogen) atoms. The number of hydrogen-bond donors (Lipinski definition) is 1. The van der Waals surface area contributed by atoms with Gasteiger partial charge in [0.1, 0.15) is 12.5 Å². The first-order valence-corrected chi connectivity index (χ1v) is 3.27. The summed E-state index contributed by atoms with van der Waals surface area (Å²) in [4.78, 5) is 22.0. The van der Waals surface area contributed by atoms with Crippen LogP contribution in [-0.4, -0.2) is 11.7 Å². The standard InChI is InChI=1S/C8H5NO2/c10-6-3-1-2-5-4-9-8(11)7(5)6/h1-3,7H,(H,9,11). The van der Waals surface area contributed by atoms with Crippen molar-refractivity contribution in [2.75, 3.05) is 0 Å². The smallest absolute Gasteiger partial charge is 0.236 e. The maximum atomic E-state index is 11.1. The Morgan fingerprint density at radius 2 is 2.27 bits per heavy atom. The van der Waals surface area contributed by atoms with Crippen molar-refractivity contribution >= 4 is 11.7 Å². The van der Waals surface area contributed by atoms with Gasteiger partial charge < -0.3 is 5.32 Å². The lowest BCUT2D eigenvalue weighted by atomic mass is 9.93. The summed E-state index contributed by atoms with van der Waals surface area (Å²) in [5.74, 6) is -1.06. The number of carbonyl (C=O) groups is 2. The third-order valence-corrected chi connectivity index (χ3v) is 1.72. The van der Waals surface area contributed by atoms with Gasteiger partial charge in [0.25, 0.3) is 0 Å². The molecule has 1 saturated heterocycles. The normalized spacial score (nSPS) is 28.0.